The van der Waals surface area contributed by atoms with Crippen LogP contribution in [-0.2, 0) is 9.59 Å². The normalized spacial score (nSPS) is 12.2. The SMILES string of the molecule is CCC[C@@H](NC(=O)/C(=C\c1ccc(Br)cc1)NC(=O)c1ccc(C)cc1)C(=O)[O-]. The van der Waals surface area contributed by atoms with Crippen LogP contribution >= 0.6 is 15.9 Å². The van der Waals surface area contributed by atoms with Crippen molar-refractivity contribution in [1.82, 2.24) is 10.6 Å². The van der Waals surface area contributed by atoms with E-state index in [9.17, 15) is 19.5 Å². The maximum atomic E-state index is 12.7. The van der Waals surface area contributed by atoms with Crippen LogP contribution in [0.15, 0.2) is 58.7 Å². The average Bonchev–Trinajstić information content (AvgIpc) is 2.69. The molecule has 0 spiro atoms. The fraction of sp³-hybridized carbons (Fsp3) is 0.227. The molecule has 0 aliphatic carbocycles. The topological polar surface area (TPSA) is 98.3 Å². The first kappa shape index (κ1) is 22.4. The number of aliphatic carboxylic acids is 1. The molecule has 0 saturated heterocycles. The Morgan fingerprint density at radius 3 is 2.24 bits per heavy atom. The summed E-state index contributed by atoms with van der Waals surface area (Å²) in [5.41, 5.74) is 2.00. The van der Waals surface area contributed by atoms with Crippen LogP contribution in [0.2, 0.25) is 0 Å². The smallest absolute Gasteiger partial charge is 0.268 e. The Labute approximate surface area is 178 Å². The highest BCUT2D eigenvalue weighted by molar-refractivity contribution is 9.10. The third-order valence-corrected chi connectivity index (χ3v) is 4.68. The predicted molar refractivity (Wildman–Crippen MR) is 113 cm³/mol. The molecule has 0 saturated carbocycles. The number of halogens is 1. The number of carboxylic acids is 1. The molecule has 0 unspecified atom stereocenters. The average molecular weight is 458 g/mol. The van der Waals surface area contributed by atoms with Crippen molar-refractivity contribution in [2.45, 2.75) is 32.7 Å². The molecule has 2 N–H and O–H groups in total. The molecule has 2 aromatic rings. The zero-order chi connectivity index (χ0) is 21.4. The summed E-state index contributed by atoms with van der Waals surface area (Å²) >= 11 is 3.34. The maximum absolute atomic E-state index is 12.7. The maximum Gasteiger partial charge on any atom is 0.268 e. The summed E-state index contributed by atoms with van der Waals surface area (Å²) in [5.74, 6) is -2.53. The van der Waals surface area contributed by atoms with Crippen molar-refractivity contribution in [3.05, 3.63) is 75.4 Å². The highest BCUT2D eigenvalue weighted by Crippen LogP contribution is 2.13. The number of hydrogen-bond donors (Lipinski definition) is 2. The molecule has 0 aliphatic heterocycles. The molecule has 6 nitrogen and oxygen atoms in total. The Hall–Kier alpha value is -2.93. The molecule has 2 amide bonds. The van der Waals surface area contributed by atoms with Crippen LogP contribution < -0.4 is 15.7 Å². The largest absolute Gasteiger partial charge is 0.548 e. The van der Waals surface area contributed by atoms with Gasteiger partial charge in [-0.2, -0.15) is 0 Å². The fourth-order valence-corrected chi connectivity index (χ4v) is 2.82. The van der Waals surface area contributed by atoms with Gasteiger partial charge in [0.15, 0.2) is 0 Å². The molecule has 7 heteroatoms. The molecule has 0 aliphatic rings. The Morgan fingerprint density at radius 1 is 1.07 bits per heavy atom. The van der Waals surface area contributed by atoms with E-state index in [0.717, 1.165) is 10.0 Å². The van der Waals surface area contributed by atoms with E-state index in [4.69, 9.17) is 0 Å². The fourth-order valence-electron chi connectivity index (χ4n) is 2.56. The van der Waals surface area contributed by atoms with Crippen LogP contribution in [0.1, 0.15) is 41.3 Å². The molecule has 0 heterocycles. The second-order valence-electron chi connectivity index (χ2n) is 6.56. The summed E-state index contributed by atoms with van der Waals surface area (Å²) in [4.78, 5) is 36.6. The quantitative estimate of drug-likeness (QED) is 0.595. The van der Waals surface area contributed by atoms with Crippen molar-refractivity contribution in [3.63, 3.8) is 0 Å². The van der Waals surface area contributed by atoms with E-state index < -0.39 is 23.8 Å². The highest BCUT2D eigenvalue weighted by Gasteiger charge is 2.19. The number of nitrogens with one attached hydrogen (secondary N) is 2. The van der Waals surface area contributed by atoms with E-state index in [0.29, 0.717) is 17.5 Å². The van der Waals surface area contributed by atoms with Crippen LogP contribution in [0.25, 0.3) is 6.08 Å². The number of benzene rings is 2. The van der Waals surface area contributed by atoms with Gasteiger partial charge in [-0.25, -0.2) is 0 Å². The zero-order valence-corrected chi connectivity index (χ0v) is 17.8. The van der Waals surface area contributed by atoms with Gasteiger partial charge in [0.05, 0.1) is 12.0 Å². The van der Waals surface area contributed by atoms with Gasteiger partial charge in [-0.05, 0) is 49.2 Å². The number of aryl methyl sites for hydroxylation is 1. The summed E-state index contributed by atoms with van der Waals surface area (Å²) in [7, 11) is 0. The van der Waals surface area contributed by atoms with E-state index in [2.05, 4.69) is 26.6 Å². The van der Waals surface area contributed by atoms with Gasteiger partial charge in [-0.15, -0.1) is 0 Å². The molecule has 0 radical (unpaired) electrons. The Bertz CT molecular complexity index is 905. The number of carbonyl (C=O) groups excluding carboxylic acids is 3. The first-order chi connectivity index (χ1) is 13.8. The van der Waals surface area contributed by atoms with E-state index in [1.54, 1.807) is 55.5 Å². The summed E-state index contributed by atoms with van der Waals surface area (Å²) in [5, 5.41) is 16.3. The van der Waals surface area contributed by atoms with Gasteiger partial charge in [0.25, 0.3) is 11.8 Å². The summed E-state index contributed by atoms with van der Waals surface area (Å²) in [6.07, 6.45) is 2.28. The van der Waals surface area contributed by atoms with E-state index in [-0.39, 0.29) is 12.1 Å². The van der Waals surface area contributed by atoms with Gasteiger partial charge in [-0.1, -0.05) is 59.1 Å². The van der Waals surface area contributed by atoms with Gasteiger partial charge in [0, 0.05) is 10.0 Å². The lowest BCUT2D eigenvalue weighted by molar-refractivity contribution is -0.308. The molecule has 0 fully saturated rings. The predicted octanol–water partition coefficient (Wildman–Crippen LogP) is 2.56. The molecule has 1 atom stereocenters. The standard InChI is InChI=1S/C22H23BrN2O4/c1-3-4-18(22(28)29)24-21(27)19(13-15-7-11-17(23)12-8-15)25-20(26)16-9-5-14(2)6-10-16/h5-13,18H,3-4H2,1-2H3,(H,24,27)(H,25,26)(H,28,29)/p-1/b19-13+/t18-/m1/s1. The number of carbonyl (C=O) groups is 3. The van der Waals surface area contributed by atoms with Crippen molar-refractivity contribution in [2.24, 2.45) is 0 Å². The Balaban J connectivity index is 2.30. The molecule has 29 heavy (non-hydrogen) atoms. The Kier molecular flexibility index (Phi) is 8.15. The van der Waals surface area contributed by atoms with Crippen molar-refractivity contribution >= 4 is 39.8 Å². The monoisotopic (exact) mass is 457 g/mol. The van der Waals surface area contributed by atoms with Crippen LogP contribution in [0.4, 0.5) is 0 Å². The minimum atomic E-state index is -1.37. The van der Waals surface area contributed by atoms with Crippen molar-refractivity contribution in [3.8, 4) is 0 Å². The van der Waals surface area contributed by atoms with Gasteiger partial charge in [0.1, 0.15) is 5.70 Å². The first-order valence-electron chi connectivity index (χ1n) is 9.17. The van der Waals surface area contributed by atoms with Crippen LogP contribution in [0.5, 0.6) is 0 Å². The van der Waals surface area contributed by atoms with Gasteiger partial charge in [-0.3, -0.25) is 9.59 Å². The van der Waals surface area contributed by atoms with Gasteiger partial charge in [0.2, 0.25) is 0 Å². The second-order valence-corrected chi connectivity index (χ2v) is 7.48. The van der Waals surface area contributed by atoms with E-state index in [1.807, 2.05) is 6.92 Å². The minimum absolute atomic E-state index is 0.0553. The molecule has 0 aromatic heterocycles. The lowest BCUT2D eigenvalue weighted by Crippen LogP contribution is -2.49. The lowest BCUT2D eigenvalue weighted by Gasteiger charge is -2.20. The van der Waals surface area contributed by atoms with Crippen LogP contribution in [-0.4, -0.2) is 23.8 Å². The first-order valence-corrected chi connectivity index (χ1v) is 9.96. The molecular formula is C22H22BrN2O4-. The Morgan fingerprint density at radius 2 is 1.69 bits per heavy atom. The highest BCUT2D eigenvalue weighted by atomic mass is 79.9. The second kappa shape index (κ2) is 10.6. The summed E-state index contributed by atoms with van der Waals surface area (Å²) < 4.78 is 0.865. The number of amides is 2. The van der Waals surface area contributed by atoms with E-state index in [1.165, 1.54) is 6.08 Å². The molecule has 2 aromatic carbocycles. The summed E-state index contributed by atoms with van der Waals surface area (Å²) in [6, 6.07) is 12.9. The molecule has 0 bridgehead atoms. The van der Waals surface area contributed by atoms with Crippen LogP contribution in [0, 0.1) is 6.92 Å². The zero-order valence-electron chi connectivity index (χ0n) is 16.2. The third kappa shape index (κ3) is 6.87. The lowest BCUT2D eigenvalue weighted by atomic mass is 10.1. The summed E-state index contributed by atoms with van der Waals surface area (Å²) in [6.45, 7) is 3.71. The molecular weight excluding hydrogens is 436 g/mol. The number of carboxylic acid groups (broad SMARTS) is 1. The van der Waals surface area contributed by atoms with E-state index >= 15 is 0 Å². The van der Waals surface area contributed by atoms with Crippen molar-refractivity contribution in [1.29, 1.82) is 0 Å². The van der Waals surface area contributed by atoms with Crippen LogP contribution in [0.3, 0.4) is 0 Å². The van der Waals surface area contributed by atoms with Gasteiger partial charge < -0.3 is 20.5 Å². The molecule has 2 rings (SSSR count). The molecule has 152 valence electrons. The van der Waals surface area contributed by atoms with Gasteiger partial charge >= 0.3 is 0 Å². The van der Waals surface area contributed by atoms with Crippen molar-refractivity contribution < 1.29 is 19.5 Å². The van der Waals surface area contributed by atoms with Crippen molar-refractivity contribution in [2.75, 3.05) is 0 Å². The minimum Gasteiger partial charge on any atom is -0.548 e. The third-order valence-electron chi connectivity index (χ3n) is 4.15. The number of hydrogen-bond acceptors (Lipinski definition) is 4. The number of rotatable bonds is 8.